The first-order chi connectivity index (χ1) is 21.3. The van der Waals surface area contributed by atoms with Gasteiger partial charge in [0.15, 0.2) is 0 Å². The van der Waals surface area contributed by atoms with Gasteiger partial charge in [-0.3, -0.25) is 13.6 Å². The summed E-state index contributed by atoms with van der Waals surface area (Å²) in [4.78, 5) is 0.855. The molecule has 0 spiro atoms. The first-order valence-electron chi connectivity index (χ1n) is 13.7. The van der Waals surface area contributed by atoms with Gasteiger partial charge in [-0.1, -0.05) is 160 Å². The van der Waals surface area contributed by atoms with E-state index in [0.29, 0.717) is 0 Å². The number of rotatable bonds is 14. The zero-order valence-electron chi connectivity index (χ0n) is 23.9. The molecular weight excluding hydrogens is 748 g/mol. The van der Waals surface area contributed by atoms with Crippen LogP contribution in [0.1, 0.15) is 18.1 Å². The van der Waals surface area contributed by atoms with Crippen molar-refractivity contribution in [2.24, 2.45) is 0 Å². The van der Waals surface area contributed by atoms with Gasteiger partial charge in [-0.15, -0.1) is 0 Å². The van der Waals surface area contributed by atoms with Crippen molar-refractivity contribution in [2.75, 3.05) is 13.2 Å². The van der Waals surface area contributed by atoms with Crippen LogP contribution in [0.2, 0.25) is 0 Å². The lowest BCUT2D eigenvalue weighted by Gasteiger charge is -2.45. The summed E-state index contributed by atoms with van der Waals surface area (Å²) in [5.74, 6) is 0. The van der Waals surface area contributed by atoms with Crippen LogP contribution >= 0.6 is 89.2 Å². The number of halogens is 6. The fourth-order valence-corrected chi connectivity index (χ4v) is 7.77. The molecule has 0 unspecified atom stereocenters. The van der Waals surface area contributed by atoms with Crippen molar-refractivity contribution in [1.29, 1.82) is 0 Å². The molecule has 0 saturated carbocycles. The van der Waals surface area contributed by atoms with Gasteiger partial charge in [-0.05, 0) is 30.2 Å². The minimum Gasteiger partial charge on any atom is -0.368 e. The van der Waals surface area contributed by atoms with Crippen molar-refractivity contribution in [3.63, 3.8) is 0 Å². The predicted octanol–water partition coefficient (Wildman–Crippen LogP) is 9.96. The Kier molecular flexibility index (Phi) is 14.5. The van der Waals surface area contributed by atoms with E-state index in [1.807, 2.05) is 97.9 Å². The average molecular weight is 779 g/mol. The van der Waals surface area contributed by atoms with Crippen LogP contribution in [0.15, 0.2) is 95.9 Å². The molecule has 1 saturated heterocycles. The van der Waals surface area contributed by atoms with Crippen molar-refractivity contribution >= 4 is 89.2 Å². The van der Waals surface area contributed by atoms with Gasteiger partial charge in [0.2, 0.25) is 7.59 Å². The van der Waals surface area contributed by atoms with Gasteiger partial charge in [0.1, 0.15) is 37.0 Å². The Bertz CT molecular complexity index is 1330. The normalized spacial score (nSPS) is 22.8. The molecule has 0 aliphatic carbocycles. The highest BCUT2D eigenvalue weighted by atomic mass is 35.6. The van der Waals surface area contributed by atoms with Crippen LogP contribution in [0.3, 0.4) is 0 Å². The summed E-state index contributed by atoms with van der Waals surface area (Å²) < 4.78 is 46.8. The van der Waals surface area contributed by atoms with Crippen LogP contribution in [-0.2, 0) is 45.6 Å². The SMILES string of the molecule is C[C@@H]1O[C@H](Sc2ccccc2)[C@H](OP(=O)(OCC(Cl)(Cl)Cl)OCC(Cl)(Cl)Cl)[C@H](OCc2ccccc2)[C@H]1OCc1ccccc1. The quantitative estimate of drug-likeness (QED) is 0.118. The summed E-state index contributed by atoms with van der Waals surface area (Å²) in [6.07, 6.45) is -3.16. The van der Waals surface area contributed by atoms with Gasteiger partial charge in [0.05, 0.1) is 19.3 Å². The number of hydrogen-bond acceptors (Lipinski definition) is 8. The second kappa shape index (κ2) is 17.4. The maximum atomic E-state index is 14.2. The second-order valence-corrected chi connectivity index (χ2v) is 17.8. The first-order valence-corrected chi connectivity index (χ1v) is 18.3. The Balaban J connectivity index is 1.71. The number of alkyl halides is 6. The van der Waals surface area contributed by atoms with Gasteiger partial charge in [0.25, 0.3) is 0 Å². The van der Waals surface area contributed by atoms with Crippen LogP contribution < -0.4 is 0 Å². The lowest BCUT2D eigenvalue weighted by molar-refractivity contribution is -0.226. The van der Waals surface area contributed by atoms with Crippen molar-refractivity contribution < 1.29 is 32.3 Å². The Morgan fingerprint density at radius 1 is 0.689 bits per heavy atom. The summed E-state index contributed by atoms with van der Waals surface area (Å²) in [7, 11) is -4.61. The van der Waals surface area contributed by atoms with Crippen LogP contribution in [0.4, 0.5) is 0 Å². The number of phosphoric ester groups is 1. The standard InChI is InChI=1S/C30H31Cl6O7PS/c1-21-25(38-17-22-11-5-2-6-12-22)26(39-18-23-13-7-3-8-14-23)27(28(42-21)45-24-15-9-4-10-16-24)43-44(37,40-19-29(31,32)33)41-20-30(34,35)36/h2-16,21,25-28H,17-20H2,1H3/t21-,25-,26+,27+,28+/m0/s1. The van der Waals surface area contributed by atoms with Crippen molar-refractivity contribution in [2.45, 2.75) is 62.5 Å². The molecule has 3 aromatic carbocycles. The number of thioether (sulfide) groups is 1. The van der Waals surface area contributed by atoms with Gasteiger partial charge in [0, 0.05) is 4.90 Å². The highest BCUT2D eigenvalue weighted by Crippen LogP contribution is 2.56. The van der Waals surface area contributed by atoms with E-state index in [1.165, 1.54) is 11.8 Å². The molecule has 0 amide bonds. The van der Waals surface area contributed by atoms with E-state index in [1.54, 1.807) is 0 Å². The Morgan fingerprint density at radius 3 is 1.60 bits per heavy atom. The second-order valence-electron chi connectivity index (χ2n) is 9.96. The zero-order valence-corrected chi connectivity index (χ0v) is 30.1. The molecule has 15 heteroatoms. The molecule has 0 radical (unpaired) electrons. The molecule has 1 aliphatic rings. The Labute approximate surface area is 297 Å². The number of benzene rings is 3. The Hall–Kier alpha value is -0.260. The molecule has 4 rings (SSSR count). The summed E-state index contributed by atoms with van der Waals surface area (Å²) in [5, 5.41) is 0. The third-order valence-corrected chi connectivity index (χ3v) is 9.52. The smallest absolute Gasteiger partial charge is 0.368 e. The van der Waals surface area contributed by atoms with E-state index >= 15 is 0 Å². The lowest BCUT2D eigenvalue weighted by atomic mass is 10.00. The summed E-state index contributed by atoms with van der Waals surface area (Å²) in [6.45, 7) is 0.998. The highest BCUT2D eigenvalue weighted by molar-refractivity contribution is 7.99. The minimum atomic E-state index is -4.61. The van der Waals surface area contributed by atoms with Crippen LogP contribution in [0, 0.1) is 0 Å². The number of phosphoric acid groups is 1. The maximum absolute atomic E-state index is 14.2. The first kappa shape index (κ1) is 37.6. The van der Waals surface area contributed by atoms with Crippen LogP contribution in [0.5, 0.6) is 0 Å². The third-order valence-electron chi connectivity index (χ3n) is 6.32. The zero-order chi connectivity index (χ0) is 32.5. The Morgan fingerprint density at radius 2 is 1.13 bits per heavy atom. The fraction of sp³-hybridized carbons (Fsp3) is 0.400. The van der Waals surface area contributed by atoms with E-state index < -0.39 is 58.5 Å². The average Bonchev–Trinajstić information content (AvgIpc) is 3.00. The van der Waals surface area contributed by atoms with Crippen LogP contribution in [-0.4, -0.2) is 50.7 Å². The molecule has 0 bridgehead atoms. The summed E-state index contributed by atoms with van der Waals surface area (Å²) in [5.41, 5.74) is 1.04. The predicted molar refractivity (Wildman–Crippen MR) is 182 cm³/mol. The lowest BCUT2D eigenvalue weighted by Crippen LogP contribution is -2.58. The van der Waals surface area contributed by atoms with E-state index in [9.17, 15) is 4.57 Å². The molecule has 246 valence electrons. The largest absolute Gasteiger partial charge is 0.475 e. The van der Waals surface area contributed by atoms with Gasteiger partial charge < -0.3 is 14.2 Å². The molecule has 5 atom stereocenters. The van der Waals surface area contributed by atoms with E-state index in [4.69, 9.17) is 97.4 Å². The molecule has 1 fully saturated rings. The van der Waals surface area contributed by atoms with Crippen LogP contribution in [0.25, 0.3) is 0 Å². The molecule has 45 heavy (non-hydrogen) atoms. The van der Waals surface area contributed by atoms with Crippen molar-refractivity contribution in [1.82, 2.24) is 0 Å². The maximum Gasteiger partial charge on any atom is 0.475 e. The summed E-state index contributed by atoms with van der Waals surface area (Å²) >= 11 is 36.8. The molecule has 0 aromatic heterocycles. The van der Waals surface area contributed by atoms with E-state index in [-0.39, 0.29) is 13.2 Å². The van der Waals surface area contributed by atoms with Gasteiger partial charge in [-0.25, -0.2) is 4.57 Å². The molecular formula is C30H31Cl6O7PS. The highest BCUT2D eigenvalue weighted by Gasteiger charge is 2.51. The fourth-order valence-electron chi connectivity index (χ4n) is 4.32. The van der Waals surface area contributed by atoms with Gasteiger partial charge >= 0.3 is 7.82 Å². The van der Waals surface area contributed by atoms with E-state index in [0.717, 1.165) is 16.0 Å². The monoisotopic (exact) mass is 776 g/mol. The molecule has 1 aliphatic heterocycles. The molecule has 7 nitrogen and oxygen atoms in total. The summed E-state index contributed by atoms with van der Waals surface area (Å²) in [6, 6.07) is 28.7. The molecule has 3 aromatic rings. The van der Waals surface area contributed by atoms with Gasteiger partial charge in [-0.2, -0.15) is 0 Å². The topological polar surface area (TPSA) is 72.5 Å². The van der Waals surface area contributed by atoms with Crippen molar-refractivity contribution in [3.05, 3.63) is 102 Å². The van der Waals surface area contributed by atoms with E-state index in [2.05, 4.69) is 0 Å². The number of hydrogen-bond donors (Lipinski definition) is 0. The molecule has 1 heterocycles. The third kappa shape index (κ3) is 12.9. The van der Waals surface area contributed by atoms with Crippen molar-refractivity contribution in [3.8, 4) is 0 Å². The molecule has 0 N–H and O–H groups in total. The number of ether oxygens (including phenoxy) is 3. The minimum absolute atomic E-state index is 0.181.